The molecule has 0 saturated heterocycles. The highest BCUT2D eigenvalue weighted by atomic mass is 16.5. The van der Waals surface area contributed by atoms with Crippen molar-refractivity contribution in [3.63, 3.8) is 0 Å². The monoisotopic (exact) mass is 745 g/mol. The van der Waals surface area contributed by atoms with Crippen LogP contribution in [0.2, 0.25) is 0 Å². The molecular weight excluding hydrogens is 686 g/mol. The summed E-state index contributed by atoms with van der Waals surface area (Å²) >= 11 is 0. The van der Waals surface area contributed by atoms with Gasteiger partial charge in [0.15, 0.2) is 0 Å². The third-order valence-electron chi connectivity index (χ3n) is 8.34. The van der Waals surface area contributed by atoms with E-state index in [9.17, 15) is 43.8 Å². The molecule has 0 heterocycles. The maximum atomic E-state index is 12.5. The second kappa shape index (κ2) is 28.7. The first-order valence-electron chi connectivity index (χ1n) is 18.1. The zero-order valence-corrected chi connectivity index (χ0v) is 30.5. The summed E-state index contributed by atoms with van der Waals surface area (Å²) < 4.78 is 21.1. The topological polar surface area (TPSA) is 257 Å². The fourth-order valence-corrected chi connectivity index (χ4v) is 5.32. The third-order valence-corrected chi connectivity index (χ3v) is 8.34. The van der Waals surface area contributed by atoms with Crippen molar-refractivity contribution in [1.29, 1.82) is 0 Å². The van der Waals surface area contributed by atoms with Crippen LogP contribution in [0.15, 0.2) is 0 Å². The minimum absolute atomic E-state index is 0.0156. The fourth-order valence-electron chi connectivity index (χ4n) is 5.32. The summed E-state index contributed by atoms with van der Waals surface area (Å²) in [7, 11) is 0. The Labute approximate surface area is 305 Å². The van der Waals surface area contributed by atoms with Crippen molar-refractivity contribution in [2.24, 2.45) is 11.8 Å². The van der Waals surface area contributed by atoms with Crippen LogP contribution in [0, 0.1) is 11.8 Å². The van der Waals surface area contributed by atoms with Crippen LogP contribution < -0.4 is 26.6 Å². The Morgan fingerprint density at radius 1 is 0.615 bits per heavy atom. The number of unbranched alkanes of at least 4 members (excludes halogenated alkanes) is 1. The summed E-state index contributed by atoms with van der Waals surface area (Å²) in [4.78, 5) is 82.4. The number of carbonyl (C=O) groups is 7. The molecule has 1 fully saturated rings. The van der Waals surface area contributed by atoms with Crippen LogP contribution in [0.1, 0.15) is 78.1 Å². The van der Waals surface area contributed by atoms with Crippen molar-refractivity contribution in [2.75, 3.05) is 72.5 Å². The third kappa shape index (κ3) is 23.6. The molecule has 298 valence electrons. The highest BCUT2D eigenvalue weighted by molar-refractivity contribution is 5.86. The lowest BCUT2D eigenvalue weighted by Gasteiger charge is -2.28. The molecule has 52 heavy (non-hydrogen) atoms. The predicted octanol–water partition coefficient (Wildman–Crippen LogP) is -0.273. The number of carboxylic acid groups (broad SMARTS) is 2. The highest BCUT2D eigenvalue weighted by Gasteiger charge is 2.29. The Bertz CT molecular complexity index is 1100. The molecule has 5 amide bonds. The number of hydrogen-bond acceptors (Lipinski definition) is 11. The molecule has 1 aliphatic rings. The molecule has 0 aliphatic heterocycles. The van der Waals surface area contributed by atoms with Gasteiger partial charge in [-0.2, -0.15) is 0 Å². The Balaban J connectivity index is 1.99. The van der Waals surface area contributed by atoms with Crippen LogP contribution in [0.25, 0.3) is 0 Å². The van der Waals surface area contributed by atoms with Crippen LogP contribution in [0.5, 0.6) is 0 Å². The predicted molar refractivity (Wildman–Crippen MR) is 186 cm³/mol. The first-order chi connectivity index (χ1) is 24.9. The van der Waals surface area contributed by atoms with E-state index >= 15 is 0 Å². The van der Waals surface area contributed by atoms with Gasteiger partial charge in [0.05, 0.1) is 39.6 Å². The molecule has 7 N–H and O–H groups in total. The smallest absolute Gasteiger partial charge is 0.326 e. The Kier molecular flexibility index (Phi) is 25.5. The van der Waals surface area contributed by atoms with E-state index in [2.05, 4.69) is 33.5 Å². The average molecular weight is 746 g/mol. The van der Waals surface area contributed by atoms with Crippen LogP contribution >= 0.6 is 0 Å². The minimum Gasteiger partial charge on any atom is -0.480 e. The maximum absolute atomic E-state index is 12.5. The molecule has 1 aliphatic carbocycles. The van der Waals surface area contributed by atoms with Gasteiger partial charge in [0.2, 0.25) is 29.5 Å². The number of nitrogens with one attached hydrogen (secondary N) is 5. The molecule has 2 atom stereocenters. The van der Waals surface area contributed by atoms with Gasteiger partial charge < -0.3 is 55.7 Å². The molecule has 18 nitrogen and oxygen atoms in total. The van der Waals surface area contributed by atoms with E-state index < -0.39 is 29.9 Å². The molecule has 1 saturated carbocycles. The second-order valence-electron chi connectivity index (χ2n) is 12.5. The molecule has 0 spiro atoms. The van der Waals surface area contributed by atoms with Crippen molar-refractivity contribution >= 4 is 41.5 Å². The zero-order valence-electron chi connectivity index (χ0n) is 30.5. The van der Waals surface area contributed by atoms with E-state index in [1.54, 1.807) is 0 Å². The van der Waals surface area contributed by atoms with E-state index in [4.69, 9.17) is 18.9 Å². The highest BCUT2D eigenvalue weighted by Crippen LogP contribution is 2.30. The van der Waals surface area contributed by atoms with Crippen LogP contribution in [-0.2, 0) is 52.5 Å². The summed E-state index contributed by atoms with van der Waals surface area (Å²) in [5.74, 6) is -3.58. The largest absolute Gasteiger partial charge is 0.480 e. The van der Waals surface area contributed by atoms with Crippen LogP contribution in [0.3, 0.4) is 0 Å². The van der Waals surface area contributed by atoms with Crippen LogP contribution in [0.4, 0.5) is 0 Å². The second-order valence-corrected chi connectivity index (χ2v) is 12.5. The van der Waals surface area contributed by atoms with Gasteiger partial charge in [-0.25, -0.2) is 9.59 Å². The number of ether oxygens (including phenoxy) is 4. The molecule has 0 bridgehead atoms. The number of carbonyl (C=O) groups excluding carboxylic acids is 5. The van der Waals surface area contributed by atoms with Gasteiger partial charge in [0.25, 0.3) is 0 Å². The Morgan fingerprint density at radius 3 is 1.71 bits per heavy atom. The minimum atomic E-state index is -1.17. The van der Waals surface area contributed by atoms with E-state index in [0.717, 1.165) is 32.1 Å². The lowest BCUT2D eigenvalue weighted by atomic mass is 9.80. The van der Waals surface area contributed by atoms with Crippen molar-refractivity contribution in [1.82, 2.24) is 26.6 Å². The molecule has 0 radical (unpaired) electrons. The Hall–Kier alpha value is -3.87. The van der Waals surface area contributed by atoms with Crippen molar-refractivity contribution in [2.45, 2.75) is 90.1 Å². The number of rotatable bonds is 30. The van der Waals surface area contributed by atoms with Crippen molar-refractivity contribution in [3.05, 3.63) is 0 Å². The number of aliphatic carboxylic acids is 2. The van der Waals surface area contributed by atoms with Gasteiger partial charge in [-0.05, 0) is 57.3 Å². The lowest BCUT2D eigenvalue weighted by molar-refractivity contribution is -0.143. The molecule has 0 aromatic carbocycles. The van der Waals surface area contributed by atoms with Crippen LogP contribution in [-0.4, -0.2) is 136 Å². The van der Waals surface area contributed by atoms with Gasteiger partial charge in [-0.15, -0.1) is 0 Å². The quantitative estimate of drug-likeness (QED) is 0.0468. The van der Waals surface area contributed by atoms with Gasteiger partial charge in [-0.1, -0.05) is 13.3 Å². The first-order valence-corrected chi connectivity index (χ1v) is 18.1. The summed E-state index contributed by atoms with van der Waals surface area (Å²) in [6, 6.07) is -2.17. The Morgan fingerprint density at radius 2 is 1.15 bits per heavy atom. The average Bonchev–Trinajstić information content (AvgIpc) is 3.11. The van der Waals surface area contributed by atoms with Gasteiger partial charge in [-0.3, -0.25) is 24.0 Å². The number of hydrogen-bond donors (Lipinski definition) is 7. The number of amides is 5. The molecule has 2 unspecified atom stereocenters. The van der Waals surface area contributed by atoms with Gasteiger partial charge in [0.1, 0.15) is 25.3 Å². The fraction of sp³-hybridized carbons (Fsp3) is 0.794. The SMILES string of the molecule is CCC1CCC(C(=O)NC(CCC(=O)NCCOCCOCC(=O)NCCOCCOCC(=O)NC(CCCCNC(C)=O)C(=O)O)C(=O)O)CC1. The van der Waals surface area contributed by atoms with E-state index in [-0.39, 0.29) is 115 Å². The number of carboxylic acids is 2. The van der Waals surface area contributed by atoms with E-state index in [1.165, 1.54) is 6.92 Å². The van der Waals surface area contributed by atoms with Gasteiger partial charge >= 0.3 is 11.9 Å². The molecule has 0 aromatic rings. The summed E-state index contributed by atoms with van der Waals surface area (Å²) in [5.41, 5.74) is 0. The molecular formula is C34H59N5O13. The molecule has 18 heteroatoms. The van der Waals surface area contributed by atoms with Gasteiger partial charge in [0, 0.05) is 38.9 Å². The molecule has 1 rings (SSSR count). The van der Waals surface area contributed by atoms with E-state index in [1.807, 2.05) is 0 Å². The first kappa shape index (κ1) is 46.2. The maximum Gasteiger partial charge on any atom is 0.326 e. The van der Waals surface area contributed by atoms with Crippen molar-refractivity contribution < 1.29 is 62.7 Å². The van der Waals surface area contributed by atoms with Crippen molar-refractivity contribution in [3.8, 4) is 0 Å². The summed E-state index contributed by atoms with van der Waals surface area (Å²) in [6.45, 7) is 4.84. The van der Waals surface area contributed by atoms with E-state index in [0.29, 0.717) is 25.3 Å². The lowest BCUT2D eigenvalue weighted by Crippen LogP contribution is -2.45. The standard InChI is InChI=1S/C34H59N5O13/c1-3-25-7-9-26(10-8-25)32(44)39-28(34(47)48)11-12-29(41)36-14-16-49-18-20-51-22-30(42)37-15-17-50-19-21-52-23-31(43)38-27(33(45)46)6-4-5-13-35-24(2)40/h25-28H,3-23H2,1-2H3,(H,35,40)(H,36,41)(H,37,42)(H,38,43)(H,39,44)(H,45,46)(H,47,48). The summed E-state index contributed by atoms with van der Waals surface area (Å²) in [5, 5.41) is 31.6. The molecule has 0 aromatic heterocycles. The zero-order chi connectivity index (χ0) is 38.6. The normalized spacial score (nSPS) is 16.6. The summed E-state index contributed by atoms with van der Waals surface area (Å²) in [6.07, 6.45) is 5.77.